The van der Waals surface area contributed by atoms with Crippen molar-refractivity contribution in [3.8, 4) is 17.7 Å². The highest BCUT2D eigenvalue weighted by Gasteiger charge is 2.56. The number of alkyl carbamates (subject to hydrolysis) is 1. The van der Waals surface area contributed by atoms with Crippen LogP contribution in [0.2, 0.25) is 0 Å². The first-order chi connectivity index (χ1) is 26.4. The van der Waals surface area contributed by atoms with Gasteiger partial charge in [0.05, 0.1) is 28.2 Å². The predicted molar refractivity (Wildman–Crippen MR) is 201 cm³/mol. The maximum atomic E-state index is 14.6. The number of carbonyl (C=O) groups is 4. The molecule has 0 spiro atoms. The summed E-state index contributed by atoms with van der Waals surface area (Å²) in [6, 6.07) is 5.41. The SMILES string of the molecule is CC1(S(=O)(=O)NC(=O)C23C#CC2C=CCCCCCC2NC(=O)OC4CC4CCCCCc4nc5ccccc5nc4OC4CC(C(=O)N3)N(C4)C2=O)CC1. The number of hydrogen-bond acceptors (Lipinski definition) is 10. The third-order valence-electron chi connectivity index (χ3n) is 12.0. The van der Waals surface area contributed by atoms with Gasteiger partial charge in [0, 0.05) is 6.42 Å². The van der Waals surface area contributed by atoms with Crippen LogP contribution in [0.5, 0.6) is 5.88 Å². The summed E-state index contributed by atoms with van der Waals surface area (Å²) in [4.78, 5) is 67.5. The van der Waals surface area contributed by atoms with E-state index in [1.807, 2.05) is 30.3 Å². The van der Waals surface area contributed by atoms with E-state index in [1.54, 1.807) is 13.0 Å². The number of rotatable bonds is 3. The van der Waals surface area contributed by atoms with Crippen LogP contribution in [0.4, 0.5) is 4.79 Å². The van der Waals surface area contributed by atoms with Gasteiger partial charge in [0.1, 0.15) is 30.0 Å². The molecule has 55 heavy (non-hydrogen) atoms. The number of nitrogens with zero attached hydrogens (tertiary/aromatic N) is 3. The molecule has 3 aliphatic carbocycles. The van der Waals surface area contributed by atoms with Crippen molar-refractivity contribution in [1.29, 1.82) is 0 Å². The molecule has 7 atom stereocenters. The Kier molecular flexibility index (Phi) is 9.98. The van der Waals surface area contributed by atoms with Gasteiger partial charge < -0.3 is 25.0 Å². The van der Waals surface area contributed by atoms with E-state index in [0.29, 0.717) is 55.6 Å². The lowest BCUT2D eigenvalue weighted by molar-refractivity contribution is -0.141. The van der Waals surface area contributed by atoms with Gasteiger partial charge in [0.15, 0.2) is 5.54 Å². The van der Waals surface area contributed by atoms with Crippen LogP contribution in [-0.4, -0.2) is 88.2 Å². The molecule has 1 aromatic carbocycles. The van der Waals surface area contributed by atoms with Crippen LogP contribution in [0, 0.1) is 23.7 Å². The Morgan fingerprint density at radius 1 is 0.982 bits per heavy atom. The predicted octanol–water partition coefficient (Wildman–Crippen LogP) is 3.58. The molecule has 3 aliphatic heterocycles. The van der Waals surface area contributed by atoms with Gasteiger partial charge >= 0.3 is 6.09 Å². The Morgan fingerprint density at radius 2 is 1.75 bits per heavy atom. The van der Waals surface area contributed by atoms with Crippen molar-refractivity contribution < 1.29 is 37.1 Å². The van der Waals surface area contributed by atoms with Crippen molar-refractivity contribution in [3.63, 3.8) is 0 Å². The summed E-state index contributed by atoms with van der Waals surface area (Å²) in [5.41, 5.74) is 0.200. The smallest absolute Gasteiger partial charge is 0.408 e. The van der Waals surface area contributed by atoms with Gasteiger partial charge in [-0.05, 0) is 82.8 Å². The number of para-hydroxylation sites is 2. The first-order valence-electron chi connectivity index (χ1n) is 19.7. The number of ether oxygens (including phenoxy) is 2. The van der Waals surface area contributed by atoms with Gasteiger partial charge in [0.2, 0.25) is 27.7 Å². The molecule has 15 heteroatoms. The zero-order valence-corrected chi connectivity index (χ0v) is 31.9. The third kappa shape index (κ3) is 7.62. The number of hydrogen-bond donors (Lipinski definition) is 3. The van der Waals surface area contributed by atoms with Gasteiger partial charge in [-0.25, -0.2) is 27.9 Å². The minimum Gasteiger partial charge on any atom is -0.471 e. The number of nitrogens with one attached hydrogen (secondary N) is 3. The van der Waals surface area contributed by atoms with Crippen LogP contribution in [0.3, 0.4) is 0 Å². The Bertz CT molecular complexity index is 2090. The summed E-state index contributed by atoms with van der Waals surface area (Å²) in [5, 5.41) is 5.63. The number of fused-ring (bicyclic) bond motifs is 6. The maximum absolute atomic E-state index is 14.6. The fraction of sp³-hybridized carbons (Fsp3) is 0.600. The molecule has 292 valence electrons. The van der Waals surface area contributed by atoms with Crippen molar-refractivity contribution in [2.24, 2.45) is 11.8 Å². The first kappa shape index (κ1) is 37.2. The molecule has 1 saturated heterocycles. The number of aromatic nitrogens is 2. The fourth-order valence-electron chi connectivity index (χ4n) is 8.05. The molecule has 8 rings (SSSR count). The summed E-state index contributed by atoms with van der Waals surface area (Å²) in [6.07, 6.45) is 11.2. The van der Waals surface area contributed by atoms with Crippen LogP contribution >= 0.6 is 0 Å². The highest BCUT2D eigenvalue weighted by Crippen LogP contribution is 2.43. The summed E-state index contributed by atoms with van der Waals surface area (Å²) in [5.74, 6) is 3.44. The van der Waals surface area contributed by atoms with Gasteiger partial charge in [-0.15, -0.1) is 0 Å². The molecule has 2 aromatic rings. The van der Waals surface area contributed by atoms with E-state index in [-0.39, 0.29) is 25.0 Å². The number of allylic oxidation sites excluding steroid dienone is 1. The lowest BCUT2D eigenvalue weighted by Gasteiger charge is -2.38. The molecule has 2 saturated carbocycles. The van der Waals surface area contributed by atoms with Crippen LogP contribution in [0.15, 0.2) is 36.4 Å². The molecular weight excluding hydrogens is 725 g/mol. The van der Waals surface area contributed by atoms with Gasteiger partial charge in [-0.2, -0.15) is 0 Å². The van der Waals surface area contributed by atoms with E-state index < -0.39 is 68.2 Å². The van der Waals surface area contributed by atoms with Crippen molar-refractivity contribution in [1.82, 2.24) is 30.2 Å². The van der Waals surface area contributed by atoms with Gasteiger partial charge in [-0.3, -0.25) is 14.4 Å². The number of aryl methyl sites for hydroxylation is 1. The van der Waals surface area contributed by atoms with E-state index in [4.69, 9.17) is 19.4 Å². The number of amides is 4. The van der Waals surface area contributed by atoms with Crippen LogP contribution in [-0.2, 0) is 35.6 Å². The maximum Gasteiger partial charge on any atom is 0.408 e. The second-order valence-electron chi connectivity index (χ2n) is 16.2. The summed E-state index contributed by atoms with van der Waals surface area (Å²) in [6.45, 7) is 1.56. The molecule has 3 N–H and O–H groups in total. The third-order valence-corrected chi connectivity index (χ3v) is 14.2. The standard InChI is InChI=1S/C40H48N6O8S/c1-39(20-21-39)55(51,52)45-37(49)40-19-18-26(40)13-7-3-2-4-8-17-31-36(48)46-24-27(23-32(46)34(47)44-40)53-35-30(41-28-14-10-11-15-29(28)42-35)16-9-5-6-12-25-22-33(25)54-38(50)43-31/h7,10-11,13-15,25-27,31-33H,2-6,8-9,12,16-17,20-24H2,1H3,(H,43,50)(H,44,47)(H,45,49). The van der Waals surface area contributed by atoms with E-state index in [0.717, 1.165) is 50.5 Å². The Hall–Kier alpha value is -4.71. The van der Waals surface area contributed by atoms with Crippen LogP contribution in [0.25, 0.3) is 11.0 Å². The topological polar surface area (TPSA) is 186 Å². The Balaban J connectivity index is 1.14. The van der Waals surface area contributed by atoms with Crippen molar-refractivity contribution in [3.05, 3.63) is 42.1 Å². The Labute approximate surface area is 321 Å². The lowest BCUT2D eigenvalue weighted by atomic mass is 9.75. The van der Waals surface area contributed by atoms with Crippen molar-refractivity contribution in [2.75, 3.05) is 6.54 Å². The van der Waals surface area contributed by atoms with Gasteiger partial charge in [-0.1, -0.05) is 61.8 Å². The van der Waals surface area contributed by atoms with Crippen molar-refractivity contribution >= 4 is 44.9 Å². The zero-order valence-electron chi connectivity index (χ0n) is 31.1. The Morgan fingerprint density at radius 3 is 2.51 bits per heavy atom. The second kappa shape index (κ2) is 14.7. The van der Waals surface area contributed by atoms with E-state index in [9.17, 15) is 27.6 Å². The minimum absolute atomic E-state index is 0.0102. The van der Waals surface area contributed by atoms with E-state index in [2.05, 4.69) is 27.2 Å². The van der Waals surface area contributed by atoms with Crippen molar-refractivity contribution in [2.45, 2.75) is 131 Å². The van der Waals surface area contributed by atoms with Crippen LogP contribution in [0.1, 0.15) is 96.1 Å². The van der Waals surface area contributed by atoms with E-state index in [1.165, 1.54) is 4.90 Å². The van der Waals surface area contributed by atoms with Crippen LogP contribution < -0.4 is 20.1 Å². The highest BCUT2D eigenvalue weighted by molar-refractivity contribution is 7.91. The molecular formula is C40H48N6O8S. The molecule has 4 heterocycles. The number of benzene rings is 1. The zero-order chi connectivity index (χ0) is 38.4. The quantitative estimate of drug-likeness (QED) is 0.308. The summed E-state index contributed by atoms with van der Waals surface area (Å²) < 4.78 is 39.9. The molecule has 7 unspecified atom stereocenters. The second-order valence-corrected chi connectivity index (χ2v) is 18.4. The fourth-order valence-corrected chi connectivity index (χ4v) is 9.34. The molecule has 1 aromatic heterocycles. The monoisotopic (exact) mass is 772 g/mol. The molecule has 14 nitrogen and oxygen atoms in total. The normalized spacial score (nSPS) is 32.0. The minimum atomic E-state index is -4.06. The average Bonchev–Trinajstić information content (AvgIpc) is 4.04. The molecule has 3 bridgehead atoms. The number of sulfonamides is 1. The molecule has 3 fully saturated rings. The highest BCUT2D eigenvalue weighted by atomic mass is 32.2. The summed E-state index contributed by atoms with van der Waals surface area (Å²) in [7, 11) is -4.06. The molecule has 0 radical (unpaired) electrons. The largest absolute Gasteiger partial charge is 0.471 e. The lowest BCUT2D eigenvalue weighted by Crippen LogP contribution is -2.68. The average molecular weight is 773 g/mol. The molecule has 4 amide bonds. The summed E-state index contributed by atoms with van der Waals surface area (Å²) >= 11 is 0. The van der Waals surface area contributed by atoms with Gasteiger partial charge in [0.25, 0.3) is 5.91 Å². The first-order valence-corrected chi connectivity index (χ1v) is 21.2. The van der Waals surface area contributed by atoms with E-state index >= 15 is 0 Å². The molecule has 6 aliphatic rings. The number of carbonyl (C=O) groups excluding carboxylic acids is 4.